The van der Waals surface area contributed by atoms with Crippen LogP contribution in [0.15, 0.2) is 30.3 Å². The molecule has 0 bridgehead atoms. The number of carbonyl (C=O) groups excluding carboxylic acids is 2. The number of rotatable bonds is 6. The van der Waals surface area contributed by atoms with E-state index in [0.29, 0.717) is 0 Å². The summed E-state index contributed by atoms with van der Waals surface area (Å²) in [6.45, 7) is 0.142. The predicted octanol–water partition coefficient (Wildman–Crippen LogP) is 1.07. The predicted molar refractivity (Wildman–Crippen MR) is 67.6 cm³/mol. The summed E-state index contributed by atoms with van der Waals surface area (Å²) in [4.78, 5) is 21.8. The number of nitrogens with one attached hydrogen (secondary N) is 1. The van der Waals surface area contributed by atoms with Crippen molar-refractivity contribution in [2.75, 3.05) is 6.54 Å². The van der Waals surface area contributed by atoms with Crippen LogP contribution in [-0.4, -0.2) is 22.7 Å². The maximum atomic E-state index is 11.3. The van der Waals surface area contributed by atoms with E-state index in [1.807, 2.05) is 18.2 Å². The highest BCUT2D eigenvalue weighted by atomic mass is 32.1. The van der Waals surface area contributed by atoms with Gasteiger partial charge in [0.2, 0.25) is 5.91 Å². The highest BCUT2D eigenvalue weighted by Crippen LogP contribution is 2.10. The first kappa shape index (κ1) is 13.7. The van der Waals surface area contributed by atoms with Gasteiger partial charge in [-0.2, -0.15) is 0 Å². The van der Waals surface area contributed by atoms with Gasteiger partial charge in [-0.3, -0.25) is 9.59 Å². The lowest BCUT2D eigenvalue weighted by Crippen LogP contribution is -2.28. The molecule has 5 heteroatoms. The molecule has 2 N–H and O–H groups in total. The molecule has 1 atom stereocenters. The van der Waals surface area contributed by atoms with E-state index in [1.165, 1.54) is 0 Å². The van der Waals surface area contributed by atoms with Crippen molar-refractivity contribution in [3.8, 4) is 0 Å². The second-order valence-corrected chi connectivity index (χ2v) is 4.12. The molecular formula is C12H15NO3S. The summed E-state index contributed by atoms with van der Waals surface area (Å²) in [5, 5.41) is 12.0. The van der Waals surface area contributed by atoms with E-state index in [-0.39, 0.29) is 30.4 Å². The fraction of sp³-hybridized carbons (Fsp3) is 0.333. The molecule has 0 radical (unpaired) electrons. The van der Waals surface area contributed by atoms with Crippen LogP contribution in [0.2, 0.25) is 0 Å². The Morgan fingerprint density at radius 3 is 2.47 bits per heavy atom. The third kappa shape index (κ3) is 5.51. The number of carbonyl (C=O) groups is 2. The van der Waals surface area contributed by atoms with Gasteiger partial charge in [-0.05, 0) is 5.56 Å². The van der Waals surface area contributed by atoms with Gasteiger partial charge in [0.15, 0.2) is 5.12 Å². The van der Waals surface area contributed by atoms with Crippen LogP contribution in [-0.2, 0) is 9.59 Å². The molecule has 0 heterocycles. The topological polar surface area (TPSA) is 66.4 Å². The largest absolute Gasteiger partial charge is 0.387 e. The molecule has 0 saturated heterocycles. The van der Waals surface area contributed by atoms with Crippen LogP contribution in [0.5, 0.6) is 0 Å². The Morgan fingerprint density at radius 2 is 1.88 bits per heavy atom. The summed E-state index contributed by atoms with van der Waals surface area (Å²) in [7, 11) is 0. The molecule has 17 heavy (non-hydrogen) atoms. The van der Waals surface area contributed by atoms with Crippen LogP contribution in [0.3, 0.4) is 0 Å². The minimum absolute atomic E-state index is 0.101. The quantitative estimate of drug-likeness (QED) is 0.664. The van der Waals surface area contributed by atoms with Crippen molar-refractivity contribution in [3.63, 3.8) is 0 Å². The van der Waals surface area contributed by atoms with Crippen LogP contribution < -0.4 is 5.32 Å². The fourth-order valence-corrected chi connectivity index (χ4v) is 1.42. The van der Waals surface area contributed by atoms with Crippen LogP contribution in [0.4, 0.5) is 0 Å². The highest BCUT2D eigenvalue weighted by Gasteiger charge is 2.09. The fourth-order valence-electron chi connectivity index (χ4n) is 1.31. The van der Waals surface area contributed by atoms with E-state index in [9.17, 15) is 14.7 Å². The van der Waals surface area contributed by atoms with Gasteiger partial charge in [-0.1, -0.05) is 30.3 Å². The Bertz CT molecular complexity index is 381. The molecule has 4 nitrogen and oxygen atoms in total. The average Bonchev–Trinajstić information content (AvgIpc) is 2.34. The van der Waals surface area contributed by atoms with Crippen molar-refractivity contribution < 1.29 is 14.7 Å². The lowest BCUT2D eigenvalue weighted by molar-refractivity contribution is -0.123. The van der Waals surface area contributed by atoms with Crippen molar-refractivity contribution in [1.82, 2.24) is 5.32 Å². The number of hydrogen-bond donors (Lipinski definition) is 3. The number of hydrogen-bond acceptors (Lipinski definition) is 3. The molecule has 92 valence electrons. The van der Waals surface area contributed by atoms with Gasteiger partial charge in [0.1, 0.15) is 0 Å². The first-order valence-corrected chi connectivity index (χ1v) is 5.76. The molecule has 1 rings (SSSR count). The average molecular weight is 253 g/mol. The molecule has 0 fully saturated rings. The molecule has 1 aromatic carbocycles. The van der Waals surface area contributed by atoms with Gasteiger partial charge < -0.3 is 10.4 Å². The molecule has 1 unspecified atom stereocenters. The third-order valence-corrected chi connectivity index (χ3v) is 2.47. The second-order valence-electron chi connectivity index (χ2n) is 3.62. The van der Waals surface area contributed by atoms with Crippen molar-refractivity contribution in [2.45, 2.75) is 18.9 Å². The van der Waals surface area contributed by atoms with Crippen LogP contribution in [0.25, 0.3) is 0 Å². The minimum atomic E-state index is -0.730. The standard InChI is InChI=1S/C12H15NO3S/c14-10(9-4-2-1-3-5-9)8-13-11(15)6-7-12(16)17/h1-5,10,14H,6-8H2,(H,13,15)(H,16,17). The summed E-state index contributed by atoms with van der Waals surface area (Å²) in [6.07, 6.45) is -0.521. The molecule has 0 aliphatic rings. The van der Waals surface area contributed by atoms with Crippen molar-refractivity contribution >= 4 is 23.7 Å². The summed E-state index contributed by atoms with van der Waals surface area (Å²) in [6, 6.07) is 9.06. The Kier molecular flexibility index (Phi) is 5.72. The van der Waals surface area contributed by atoms with Crippen LogP contribution in [0, 0.1) is 0 Å². The van der Waals surface area contributed by atoms with Gasteiger partial charge in [-0.15, -0.1) is 12.6 Å². The SMILES string of the molecule is O=C(S)CCC(=O)NCC(O)c1ccccc1. The summed E-state index contributed by atoms with van der Waals surface area (Å²) >= 11 is 3.57. The Labute approximate surface area is 105 Å². The van der Waals surface area contributed by atoms with Crippen LogP contribution >= 0.6 is 12.6 Å². The maximum Gasteiger partial charge on any atom is 0.220 e. The molecular weight excluding hydrogens is 238 g/mol. The van der Waals surface area contributed by atoms with Gasteiger partial charge in [0, 0.05) is 19.4 Å². The summed E-state index contributed by atoms with van der Waals surface area (Å²) in [5.41, 5.74) is 0.748. The molecule has 1 aromatic rings. The third-order valence-electron chi connectivity index (χ3n) is 2.24. The smallest absolute Gasteiger partial charge is 0.220 e. The first-order valence-electron chi connectivity index (χ1n) is 5.31. The lowest BCUT2D eigenvalue weighted by Gasteiger charge is -2.11. The number of thiol groups is 1. The Hall–Kier alpha value is -1.33. The lowest BCUT2D eigenvalue weighted by atomic mass is 10.1. The summed E-state index contributed by atoms with van der Waals surface area (Å²) < 4.78 is 0. The van der Waals surface area contributed by atoms with Gasteiger partial charge in [0.25, 0.3) is 0 Å². The van der Waals surface area contributed by atoms with E-state index in [2.05, 4.69) is 17.9 Å². The van der Waals surface area contributed by atoms with Crippen molar-refractivity contribution in [1.29, 1.82) is 0 Å². The molecule has 1 amide bonds. The van der Waals surface area contributed by atoms with E-state index in [0.717, 1.165) is 5.56 Å². The van der Waals surface area contributed by atoms with Gasteiger partial charge >= 0.3 is 0 Å². The molecule has 0 aliphatic carbocycles. The number of amides is 1. The molecule has 0 spiro atoms. The van der Waals surface area contributed by atoms with Gasteiger partial charge in [-0.25, -0.2) is 0 Å². The molecule has 0 aromatic heterocycles. The Balaban J connectivity index is 2.31. The van der Waals surface area contributed by atoms with Crippen molar-refractivity contribution in [3.05, 3.63) is 35.9 Å². The minimum Gasteiger partial charge on any atom is -0.387 e. The zero-order valence-corrected chi connectivity index (χ0v) is 10.2. The summed E-state index contributed by atoms with van der Waals surface area (Å²) in [5.74, 6) is -0.262. The second kappa shape index (κ2) is 7.09. The maximum absolute atomic E-state index is 11.3. The number of aliphatic hydroxyl groups excluding tert-OH is 1. The molecule has 0 saturated carbocycles. The zero-order chi connectivity index (χ0) is 12.7. The highest BCUT2D eigenvalue weighted by molar-refractivity contribution is 7.96. The molecule has 0 aliphatic heterocycles. The first-order chi connectivity index (χ1) is 8.09. The normalized spacial score (nSPS) is 11.9. The van der Waals surface area contributed by atoms with Gasteiger partial charge in [0.05, 0.1) is 6.10 Å². The Morgan fingerprint density at radius 1 is 1.24 bits per heavy atom. The van der Waals surface area contributed by atoms with E-state index >= 15 is 0 Å². The van der Waals surface area contributed by atoms with Crippen molar-refractivity contribution in [2.24, 2.45) is 0 Å². The number of aliphatic hydroxyl groups is 1. The van der Waals surface area contributed by atoms with Crippen LogP contribution in [0.1, 0.15) is 24.5 Å². The zero-order valence-electron chi connectivity index (χ0n) is 9.30. The number of benzene rings is 1. The monoisotopic (exact) mass is 253 g/mol. The van der Waals surface area contributed by atoms with E-state index in [4.69, 9.17) is 0 Å². The van der Waals surface area contributed by atoms with E-state index in [1.54, 1.807) is 12.1 Å². The van der Waals surface area contributed by atoms with E-state index < -0.39 is 6.10 Å².